The molecule has 116 valence electrons. The smallest absolute Gasteiger partial charge is 0.228 e. The van der Waals surface area contributed by atoms with Crippen LogP contribution in [0.3, 0.4) is 0 Å². The molecule has 0 unspecified atom stereocenters. The number of pyridine rings is 1. The molecule has 2 atom stereocenters. The van der Waals surface area contributed by atoms with Crippen LogP contribution in [0.15, 0.2) is 15.5 Å². The van der Waals surface area contributed by atoms with Crippen LogP contribution >= 0.6 is 15.9 Å². The third-order valence-corrected chi connectivity index (χ3v) is 4.49. The lowest BCUT2D eigenvalue weighted by atomic mass is 10.1. The summed E-state index contributed by atoms with van der Waals surface area (Å²) in [7, 11) is 2.00. The number of nitrogens with zero attached hydrogens (tertiary/aromatic N) is 3. The van der Waals surface area contributed by atoms with Crippen LogP contribution in [0.4, 0.5) is 5.69 Å². The van der Waals surface area contributed by atoms with Crippen LogP contribution in [0.1, 0.15) is 38.8 Å². The van der Waals surface area contributed by atoms with Crippen molar-refractivity contribution in [2.45, 2.75) is 46.1 Å². The number of hydrogen-bond acceptors (Lipinski definition) is 3. The van der Waals surface area contributed by atoms with Gasteiger partial charge in [0, 0.05) is 13.6 Å². The van der Waals surface area contributed by atoms with Crippen molar-refractivity contribution in [2.75, 3.05) is 13.6 Å². The van der Waals surface area contributed by atoms with Crippen LogP contribution in [0.2, 0.25) is 0 Å². The minimum absolute atomic E-state index is 0.295. The summed E-state index contributed by atoms with van der Waals surface area (Å²) in [5.41, 5.74) is 1.76. The molecule has 1 heterocycles. The Hall–Kier alpha value is -1.10. The number of aromatic nitrogens is 1. The van der Waals surface area contributed by atoms with E-state index in [-0.39, 0.29) is 0 Å². The lowest BCUT2D eigenvalue weighted by Crippen LogP contribution is -2.14. The van der Waals surface area contributed by atoms with Gasteiger partial charge in [0.05, 0.1) is 22.2 Å². The Morgan fingerprint density at radius 2 is 2.29 bits per heavy atom. The fourth-order valence-electron chi connectivity index (χ4n) is 2.42. The Bertz CT molecular complexity index is 518. The highest BCUT2D eigenvalue weighted by molar-refractivity contribution is 9.10. The lowest BCUT2D eigenvalue weighted by molar-refractivity contribution is 0.195. The van der Waals surface area contributed by atoms with E-state index in [9.17, 15) is 0 Å². The molecule has 5 heteroatoms. The second-order valence-electron chi connectivity index (χ2n) is 5.86. The van der Waals surface area contributed by atoms with E-state index in [1.54, 1.807) is 0 Å². The quantitative estimate of drug-likeness (QED) is 0.583. The van der Waals surface area contributed by atoms with E-state index >= 15 is 0 Å². The van der Waals surface area contributed by atoms with E-state index < -0.39 is 0 Å². The summed E-state index contributed by atoms with van der Waals surface area (Å²) >= 11 is 3.55. The molecular formula is C16H24BrN3O. The summed E-state index contributed by atoms with van der Waals surface area (Å²) < 4.78 is 6.91. The van der Waals surface area contributed by atoms with Gasteiger partial charge in [0.25, 0.3) is 0 Å². The molecule has 1 aromatic heterocycles. The van der Waals surface area contributed by atoms with Crippen LogP contribution in [0, 0.1) is 12.8 Å². The molecule has 1 fully saturated rings. The summed E-state index contributed by atoms with van der Waals surface area (Å²) in [6.45, 7) is 7.26. The fourth-order valence-corrected chi connectivity index (χ4v) is 2.82. The van der Waals surface area contributed by atoms with Gasteiger partial charge in [0.1, 0.15) is 6.10 Å². The number of ether oxygens (including phenoxy) is 1. The summed E-state index contributed by atoms with van der Waals surface area (Å²) in [4.78, 5) is 11.1. The maximum Gasteiger partial charge on any atom is 0.228 e. The molecule has 1 saturated carbocycles. The van der Waals surface area contributed by atoms with Gasteiger partial charge in [-0.15, -0.1) is 0 Å². The van der Waals surface area contributed by atoms with Crippen LogP contribution in [-0.4, -0.2) is 35.9 Å². The van der Waals surface area contributed by atoms with Gasteiger partial charge in [0.2, 0.25) is 5.88 Å². The summed E-state index contributed by atoms with van der Waals surface area (Å²) in [5, 5.41) is 0. The molecule has 1 aliphatic rings. The largest absolute Gasteiger partial charge is 0.474 e. The standard InChI is InChI=1S/C16H24BrN3O/c1-5-20(4)10-18-15-9-14(17)16(19-12(15)3)21-13-7-6-11(2)8-13/h9-11,13H,5-8H2,1-4H3/b18-10+/t11-,13-/m1/s1. The van der Waals surface area contributed by atoms with Crippen molar-refractivity contribution < 1.29 is 4.74 Å². The van der Waals surface area contributed by atoms with Gasteiger partial charge in [-0.1, -0.05) is 6.92 Å². The summed E-state index contributed by atoms with van der Waals surface area (Å²) in [6.07, 6.45) is 5.61. The maximum atomic E-state index is 6.04. The Labute approximate surface area is 135 Å². The van der Waals surface area contributed by atoms with Crippen molar-refractivity contribution in [2.24, 2.45) is 10.9 Å². The highest BCUT2D eigenvalue weighted by Gasteiger charge is 2.24. The SMILES string of the molecule is CCN(C)/C=N/c1cc(Br)c(O[C@@H]2CC[C@@H](C)C2)nc1C. The van der Waals surface area contributed by atoms with Crippen LogP contribution < -0.4 is 4.74 Å². The molecule has 0 spiro atoms. The second kappa shape index (κ2) is 7.25. The van der Waals surface area contributed by atoms with Crippen molar-refractivity contribution in [1.29, 1.82) is 0 Å². The number of hydrogen-bond donors (Lipinski definition) is 0. The van der Waals surface area contributed by atoms with Gasteiger partial charge >= 0.3 is 0 Å². The van der Waals surface area contributed by atoms with Gasteiger partial charge in [0.15, 0.2) is 0 Å². The predicted octanol–water partition coefficient (Wildman–Crippen LogP) is 4.33. The Morgan fingerprint density at radius 3 is 2.90 bits per heavy atom. The monoisotopic (exact) mass is 353 g/mol. The third kappa shape index (κ3) is 4.43. The first-order valence-electron chi connectivity index (χ1n) is 7.57. The molecule has 4 nitrogen and oxygen atoms in total. The summed E-state index contributed by atoms with van der Waals surface area (Å²) in [5.74, 6) is 1.44. The Morgan fingerprint density at radius 1 is 1.52 bits per heavy atom. The van der Waals surface area contributed by atoms with Crippen molar-refractivity contribution in [3.63, 3.8) is 0 Å². The minimum Gasteiger partial charge on any atom is -0.474 e. The van der Waals surface area contributed by atoms with E-state index in [1.807, 2.05) is 31.3 Å². The topological polar surface area (TPSA) is 37.7 Å². The fraction of sp³-hybridized carbons (Fsp3) is 0.625. The van der Waals surface area contributed by atoms with Crippen molar-refractivity contribution >= 4 is 28.0 Å². The number of aryl methyl sites for hydroxylation is 1. The molecule has 1 aliphatic carbocycles. The average Bonchev–Trinajstić information content (AvgIpc) is 2.86. The number of halogens is 1. The van der Waals surface area contributed by atoms with Gasteiger partial charge in [-0.3, -0.25) is 0 Å². The van der Waals surface area contributed by atoms with Crippen molar-refractivity contribution in [3.05, 3.63) is 16.2 Å². The van der Waals surface area contributed by atoms with Crippen molar-refractivity contribution in [1.82, 2.24) is 9.88 Å². The van der Waals surface area contributed by atoms with Gasteiger partial charge in [-0.05, 0) is 61.0 Å². The maximum absolute atomic E-state index is 6.04. The summed E-state index contributed by atoms with van der Waals surface area (Å²) in [6, 6.07) is 1.98. The van der Waals surface area contributed by atoms with Crippen LogP contribution in [-0.2, 0) is 0 Å². The minimum atomic E-state index is 0.295. The number of aliphatic imine (C=N–C) groups is 1. The van der Waals surface area contributed by atoms with Crippen LogP contribution in [0.5, 0.6) is 5.88 Å². The highest BCUT2D eigenvalue weighted by atomic mass is 79.9. The molecule has 2 rings (SSSR count). The molecule has 21 heavy (non-hydrogen) atoms. The van der Waals surface area contributed by atoms with E-state index in [2.05, 4.69) is 39.8 Å². The second-order valence-corrected chi connectivity index (χ2v) is 6.71. The molecule has 0 amide bonds. The zero-order valence-corrected chi connectivity index (χ0v) is 14.9. The molecule has 0 aliphatic heterocycles. The van der Waals surface area contributed by atoms with Gasteiger partial charge in [-0.25, -0.2) is 9.98 Å². The predicted molar refractivity (Wildman–Crippen MR) is 90.6 cm³/mol. The lowest BCUT2D eigenvalue weighted by Gasteiger charge is -2.15. The zero-order chi connectivity index (χ0) is 15.4. The Kier molecular flexibility index (Phi) is 5.62. The van der Waals surface area contributed by atoms with E-state index in [1.165, 1.54) is 6.42 Å². The van der Waals surface area contributed by atoms with Gasteiger partial charge in [-0.2, -0.15) is 0 Å². The Balaban J connectivity index is 2.11. The molecule has 0 radical (unpaired) electrons. The molecule has 1 aromatic rings. The number of rotatable bonds is 5. The highest BCUT2D eigenvalue weighted by Crippen LogP contribution is 2.34. The first-order chi connectivity index (χ1) is 9.99. The molecule has 0 aromatic carbocycles. The molecular weight excluding hydrogens is 330 g/mol. The van der Waals surface area contributed by atoms with E-state index in [0.717, 1.165) is 41.2 Å². The molecule has 0 N–H and O–H groups in total. The molecule has 0 saturated heterocycles. The van der Waals surface area contributed by atoms with E-state index in [4.69, 9.17) is 4.74 Å². The normalized spacial score (nSPS) is 22.0. The third-order valence-electron chi connectivity index (χ3n) is 3.93. The average molecular weight is 354 g/mol. The van der Waals surface area contributed by atoms with Gasteiger partial charge < -0.3 is 9.64 Å². The zero-order valence-electron chi connectivity index (χ0n) is 13.3. The van der Waals surface area contributed by atoms with Crippen molar-refractivity contribution in [3.8, 4) is 5.88 Å². The van der Waals surface area contributed by atoms with Crippen LogP contribution in [0.25, 0.3) is 0 Å². The molecule has 0 bridgehead atoms. The van der Waals surface area contributed by atoms with E-state index in [0.29, 0.717) is 12.0 Å². The first-order valence-corrected chi connectivity index (χ1v) is 8.37. The first kappa shape index (κ1) is 16.3.